The van der Waals surface area contributed by atoms with Crippen molar-refractivity contribution < 1.29 is 14.2 Å². The summed E-state index contributed by atoms with van der Waals surface area (Å²) in [5.74, 6) is 2.41. The lowest BCUT2D eigenvalue weighted by atomic mass is 9.78. The summed E-state index contributed by atoms with van der Waals surface area (Å²) in [6.07, 6.45) is 4.07. The fourth-order valence-electron chi connectivity index (χ4n) is 3.05. The molecule has 29 heavy (non-hydrogen) atoms. The maximum atomic E-state index is 5.84. The minimum atomic E-state index is -0.0969. The molecule has 0 saturated heterocycles. The number of ether oxygens (including phenoxy) is 3. The Labute approximate surface area is 181 Å². The van der Waals surface area contributed by atoms with E-state index in [-0.39, 0.29) is 5.41 Å². The average molecular weight is 419 g/mol. The highest BCUT2D eigenvalue weighted by atomic mass is 35.5. The van der Waals surface area contributed by atoms with E-state index in [0.29, 0.717) is 19.1 Å². The predicted octanol–water partition coefficient (Wildman–Crippen LogP) is 6.61. The van der Waals surface area contributed by atoms with Gasteiger partial charge in [-0.25, -0.2) is 0 Å². The van der Waals surface area contributed by atoms with Gasteiger partial charge in [0.15, 0.2) is 0 Å². The van der Waals surface area contributed by atoms with Gasteiger partial charge in [0.2, 0.25) is 0 Å². The number of unbranched alkanes of at least 4 members (excludes halogenated alkanes) is 1. The number of hydrogen-bond acceptors (Lipinski definition) is 3. The van der Waals surface area contributed by atoms with E-state index in [1.54, 1.807) is 0 Å². The van der Waals surface area contributed by atoms with Crippen LogP contribution in [0.2, 0.25) is 0 Å². The van der Waals surface area contributed by atoms with Crippen LogP contribution in [0.1, 0.15) is 57.6 Å². The van der Waals surface area contributed by atoms with Gasteiger partial charge in [0.1, 0.15) is 11.5 Å². The van der Waals surface area contributed by atoms with Crippen molar-refractivity contribution in [3.8, 4) is 11.5 Å². The minimum Gasteiger partial charge on any atom is -0.494 e. The van der Waals surface area contributed by atoms with Crippen LogP contribution in [0.15, 0.2) is 48.5 Å². The molecule has 0 unspecified atom stereocenters. The normalized spacial score (nSPS) is 11.4. The van der Waals surface area contributed by atoms with Gasteiger partial charge in [-0.1, -0.05) is 51.5 Å². The summed E-state index contributed by atoms with van der Waals surface area (Å²) in [5, 5.41) is 0. The number of benzene rings is 2. The standard InChI is InChI=1S/C25H35ClO3/c1-4-5-17-27-18-7-20-29-24-14-10-22(11-15-24)25(2,3)21-8-12-23(13-9-21)28-19-6-16-26/h8-15H,4-7,16-20H2,1-3H3. The third-order valence-corrected chi connectivity index (χ3v) is 5.31. The summed E-state index contributed by atoms with van der Waals surface area (Å²) in [6.45, 7) is 9.58. The number of rotatable bonds is 14. The second kappa shape index (κ2) is 12.8. The van der Waals surface area contributed by atoms with E-state index >= 15 is 0 Å². The van der Waals surface area contributed by atoms with Crippen molar-refractivity contribution in [3.05, 3.63) is 59.7 Å². The molecule has 0 aliphatic carbocycles. The number of hydrogen-bond donors (Lipinski definition) is 0. The summed E-state index contributed by atoms with van der Waals surface area (Å²) in [6, 6.07) is 16.8. The fourth-order valence-corrected chi connectivity index (χ4v) is 3.16. The molecule has 0 N–H and O–H groups in total. The first-order chi connectivity index (χ1) is 14.1. The molecule has 0 spiro atoms. The highest BCUT2D eigenvalue weighted by Crippen LogP contribution is 2.33. The maximum absolute atomic E-state index is 5.84. The molecular weight excluding hydrogens is 384 g/mol. The summed E-state index contributed by atoms with van der Waals surface area (Å²) in [7, 11) is 0. The van der Waals surface area contributed by atoms with E-state index in [0.717, 1.165) is 44.0 Å². The Balaban J connectivity index is 1.85. The highest BCUT2D eigenvalue weighted by Gasteiger charge is 2.23. The molecule has 0 amide bonds. The minimum absolute atomic E-state index is 0.0969. The number of alkyl halides is 1. The lowest BCUT2D eigenvalue weighted by molar-refractivity contribution is 0.117. The average Bonchev–Trinajstić information content (AvgIpc) is 2.74. The molecule has 2 rings (SSSR count). The molecular formula is C25H35ClO3. The molecule has 0 radical (unpaired) electrons. The third-order valence-electron chi connectivity index (χ3n) is 5.04. The Morgan fingerprint density at radius 2 is 1.17 bits per heavy atom. The van der Waals surface area contributed by atoms with Gasteiger partial charge in [-0.05, 0) is 48.2 Å². The SMILES string of the molecule is CCCCOCCCOc1ccc(C(C)(C)c2ccc(OCCCCl)cc2)cc1. The summed E-state index contributed by atoms with van der Waals surface area (Å²) >= 11 is 5.70. The Bertz CT molecular complexity index is 680. The second-order valence-electron chi connectivity index (χ2n) is 7.73. The van der Waals surface area contributed by atoms with Crippen LogP contribution in [0.5, 0.6) is 11.5 Å². The van der Waals surface area contributed by atoms with Gasteiger partial charge in [-0.3, -0.25) is 0 Å². The quantitative estimate of drug-likeness (QED) is 0.255. The van der Waals surface area contributed by atoms with Gasteiger partial charge in [0.25, 0.3) is 0 Å². The van der Waals surface area contributed by atoms with Gasteiger partial charge in [-0.15, -0.1) is 11.6 Å². The van der Waals surface area contributed by atoms with Gasteiger partial charge in [-0.2, -0.15) is 0 Å². The van der Waals surface area contributed by atoms with Crippen LogP contribution < -0.4 is 9.47 Å². The molecule has 0 atom stereocenters. The smallest absolute Gasteiger partial charge is 0.119 e. The Morgan fingerprint density at radius 1 is 0.690 bits per heavy atom. The molecule has 3 nitrogen and oxygen atoms in total. The zero-order chi connectivity index (χ0) is 21.0. The van der Waals surface area contributed by atoms with E-state index in [2.05, 4.69) is 57.2 Å². The largest absolute Gasteiger partial charge is 0.494 e. The van der Waals surface area contributed by atoms with E-state index in [1.807, 2.05) is 12.1 Å². The van der Waals surface area contributed by atoms with Crippen molar-refractivity contribution in [1.82, 2.24) is 0 Å². The van der Waals surface area contributed by atoms with Crippen LogP contribution in [0.25, 0.3) is 0 Å². The van der Waals surface area contributed by atoms with Crippen molar-refractivity contribution in [1.29, 1.82) is 0 Å². The van der Waals surface area contributed by atoms with Crippen molar-refractivity contribution >= 4 is 11.6 Å². The van der Waals surface area contributed by atoms with Crippen molar-refractivity contribution in [2.24, 2.45) is 0 Å². The zero-order valence-electron chi connectivity index (χ0n) is 18.1. The Morgan fingerprint density at radius 3 is 1.66 bits per heavy atom. The number of halogens is 1. The molecule has 0 aromatic heterocycles. The molecule has 0 bridgehead atoms. The summed E-state index contributed by atoms with van der Waals surface area (Å²) < 4.78 is 17.1. The van der Waals surface area contributed by atoms with Gasteiger partial charge in [0.05, 0.1) is 13.2 Å². The first-order valence-corrected chi connectivity index (χ1v) is 11.2. The van der Waals surface area contributed by atoms with E-state index < -0.39 is 0 Å². The Kier molecular flexibility index (Phi) is 10.4. The third kappa shape index (κ3) is 7.91. The monoisotopic (exact) mass is 418 g/mol. The molecule has 0 heterocycles. The van der Waals surface area contributed by atoms with Crippen LogP contribution in [0.3, 0.4) is 0 Å². The van der Waals surface area contributed by atoms with E-state index in [1.165, 1.54) is 17.5 Å². The lowest BCUT2D eigenvalue weighted by Gasteiger charge is -2.26. The van der Waals surface area contributed by atoms with Crippen molar-refractivity contribution in [2.75, 3.05) is 32.3 Å². The molecule has 160 valence electrons. The van der Waals surface area contributed by atoms with Crippen LogP contribution in [-0.2, 0) is 10.2 Å². The molecule has 4 heteroatoms. The zero-order valence-corrected chi connectivity index (χ0v) is 18.8. The molecule has 2 aromatic rings. The first-order valence-electron chi connectivity index (χ1n) is 10.7. The molecule has 0 aliphatic rings. The van der Waals surface area contributed by atoms with E-state index in [9.17, 15) is 0 Å². The topological polar surface area (TPSA) is 27.7 Å². The van der Waals surface area contributed by atoms with Crippen LogP contribution >= 0.6 is 11.6 Å². The molecule has 0 saturated carbocycles. The summed E-state index contributed by atoms with van der Waals surface area (Å²) in [4.78, 5) is 0. The van der Waals surface area contributed by atoms with Crippen LogP contribution in [-0.4, -0.2) is 32.3 Å². The molecule has 0 aliphatic heterocycles. The van der Waals surface area contributed by atoms with Gasteiger partial charge in [0, 0.05) is 30.9 Å². The lowest BCUT2D eigenvalue weighted by Crippen LogP contribution is -2.18. The maximum Gasteiger partial charge on any atom is 0.119 e. The summed E-state index contributed by atoms with van der Waals surface area (Å²) in [5.41, 5.74) is 2.41. The van der Waals surface area contributed by atoms with Crippen LogP contribution in [0.4, 0.5) is 0 Å². The molecule has 0 fully saturated rings. The van der Waals surface area contributed by atoms with Gasteiger partial charge >= 0.3 is 0 Å². The second-order valence-corrected chi connectivity index (χ2v) is 8.11. The first kappa shape index (κ1) is 23.6. The molecule has 2 aromatic carbocycles. The Hall–Kier alpha value is -1.71. The van der Waals surface area contributed by atoms with Crippen molar-refractivity contribution in [2.45, 2.75) is 51.9 Å². The highest BCUT2D eigenvalue weighted by molar-refractivity contribution is 6.17. The van der Waals surface area contributed by atoms with Crippen LogP contribution in [0, 0.1) is 0 Å². The fraction of sp³-hybridized carbons (Fsp3) is 0.520. The van der Waals surface area contributed by atoms with Gasteiger partial charge < -0.3 is 14.2 Å². The van der Waals surface area contributed by atoms with E-state index in [4.69, 9.17) is 25.8 Å². The van der Waals surface area contributed by atoms with Crippen molar-refractivity contribution in [3.63, 3.8) is 0 Å². The predicted molar refractivity (Wildman–Crippen MR) is 122 cm³/mol.